The Balaban J connectivity index is 3.30. The zero-order chi connectivity index (χ0) is 12.9. The van der Waals surface area contributed by atoms with Crippen LogP contribution >= 0.6 is 0 Å². The van der Waals surface area contributed by atoms with Crippen molar-refractivity contribution in [2.45, 2.75) is 83.7 Å². The molecule has 2 heteroatoms. The van der Waals surface area contributed by atoms with E-state index in [1.54, 1.807) is 0 Å². The molecule has 2 atom stereocenters. The predicted molar refractivity (Wildman–Crippen MR) is 73.7 cm³/mol. The molecule has 0 bridgehead atoms. The van der Waals surface area contributed by atoms with Gasteiger partial charge in [-0.25, -0.2) is 13.1 Å². The fraction of sp³-hybridized carbons (Fsp3) is 0.867. The second-order valence-electron chi connectivity index (χ2n) is 4.73. The van der Waals surface area contributed by atoms with E-state index in [1.165, 1.54) is 32.1 Å². The van der Waals surface area contributed by atoms with Crippen LogP contribution in [0.2, 0.25) is 0 Å². The Labute approximate surface area is 107 Å². The molecule has 0 aromatic heterocycles. The number of hydrogen-bond acceptors (Lipinski definition) is 0. The fourth-order valence-corrected chi connectivity index (χ4v) is 2.01. The molecule has 0 saturated heterocycles. The Hall–Kier alpha value is -1.02. The van der Waals surface area contributed by atoms with Crippen LogP contribution in [-0.2, 0) is 0 Å². The van der Waals surface area contributed by atoms with Gasteiger partial charge in [-0.2, -0.15) is 0 Å². The molecule has 0 heterocycles. The SMILES string of the molecule is [C-]#[N+]C(CC)CCCCCCCC(CC)[N+]#[C-]. The molecule has 0 aliphatic heterocycles. The molecule has 0 aliphatic carbocycles. The van der Waals surface area contributed by atoms with Gasteiger partial charge in [-0.3, -0.25) is 0 Å². The molecule has 0 radical (unpaired) electrons. The van der Waals surface area contributed by atoms with Crippen molar-refractivity contribution in [3.05, 3.63) is 22.8 Å². The van der Waals surface area contributed by atoms with Crippen molar-refractivity contribution in [1.29, 1.82) is 0 Å². The minimum absolute atomic E-state index is 0.251. The lowest BCUT2D eigenvalue weighted by Gasteiger charge is -2.04. The summed E-state index contributed by atoms with van der Waals surface area (Å²) in [7, 11) is 0. The molecular formula is C15H26N2. The maximum absolute atomic E-state index is 6.99. The van der Waals surface area contributed by atoms with Crippen LogP contribution in [0, 0.1) is 13.1 Å². The summed E-state index contributed by atoms with van der Waals surface area (Å²) in [4.78, 5) is 7.21. The largest absolute Gasteiger partial charge is 0.314 e. The van der Waals surface area contributed by atoms with Crippen molar-refractivity contribution in [2.75, 3.05) is 0 Å². The first-order valence-electron chi connectivity index (χ1n) is 7.01. The standard InChI is InChI=1S/C15H26N2/c1-5-14(16-3)12-10-8-7-9-11-13-15(6-2)17-4/h14-15H,5-13H2,1-2H3. The van der Waals surface area contributed by atoms with E-state index < -0.39 is 0 Å². The molecular weight excluding hydrogens is 208 g/mol. The topological polar surface area (TPSA) is 8.72 Å². The molecule has 2 nitrogen and oxygen atoms in total. The summed E-state index contributed by atoms with van der Waals surface area (Å²) in [6, 6.07) is 0.503. The first-order chi connectivity index (χ1) is 8.28. The predicted octanol–water partition coefficient (Wildman–Crippen LogP) is 5.11. The summed E-state index contributed by atoms with van der Waals surface area (Å²) >= 11 is 0. The molecule has 0 aromatic carbocycles. The van der Waals surface area contributed by atoms with Crippen LogP contribution in [0.15, 0.2) is 0 Å². The Kier molecular flexibility index (Phi) is 10.8. The van der Waals surface area contributed by atoms with Crippen molar-refractivity contribution in [3.63, 3.8) is 0 Å². The van der Waals surface area contributed by atoms with E-state index in [2.05, 4.69) is 23.5 Å². The molecule has 0 spiro atoms. The summed E-state index contributed by atoms with van der Waals surface area (Å²) in [5.74, 6) is 0. The van der Waals surface area contributed by atoms with Crippen molar-refractivity contribution in [3.8, 4) is 0 Å². The van der Waals surface area contributed by atoms with Gasteiger partial charge in [0, 0.05) is 25.7 Å². The first-order valence-corrected chi connectivity index (χ1v) is 7.01. The smallest absolute Gasteiger partial charge is 0.223 e. The molecule has 0 aliphatic rings. The maximum Gasteiger partial charge on any atom is 0.223 e. The van der Waals surface area contributed by atoms with Gasteiger partial charge in [0.05, 0.1) is 0 Å². The van der Waals surface area contributed by atoms with Gasteiger partial charge in [0.15, 0.2) is 0 Å². The second kappa shape index (κ2) is 11.5. The third-order valence-electron chi connectivity index (χ3n) is 3.38. The highest BCUT2D eigenvalue weighted by atomic mass is 14.7. The van der Waals surface area contributed by atoms with Gasteiger partial charge in [0.25, 0.3) is 0 Å². The van der Waals surface area contributed by atoms with E-state index in [0.717, 1.165) is 25.7 Å². The lowest BCUT2D eigenvalue weighted by atomic mass is 10.0. The number of hydrogen-bond donors (Lipinski definition) is 0. The van der Waals surface area contributed by atoms with Crippen LogP contribution in [0.25, 0.3) is 9.69 Å². The van der Waals surface area contributed by atoms with Crippen LogP contribution in [0.5, 0.6) is 0 Å². The first kappa shape index (κ1) is 16.0. The summed E-state index contributed by atoms with van der Waals surface area (Å²) in [6.07, 6.45) is 10.3. The Morgan fingerprint density at radius 1 is 0.706 bits per heavy atom. The van der Waals surface area contributed by atoms with E-state index in [4.69, 9.17) is 13.1 Å². The van der Waals surface area contributed by atoms with Crippen LogP contribution in [-0.4, -0.2) is 12.1 Å². The molecule has 0 fully saturated rings. The molecule has 0 amide bonds. The summed E-state index contributed by atoms with van der Waals surface area (Å²) < 4.78 is 0. The van der Waals surface area contributed by atoms with Gasteiger partial charge in [-0.15, -0.1) is 0 Å². The van der Waals surface area contributed by atoms with E-state index >= 15 is 0 Å². The Morgan fingerprint density at radius 2 is 1.06 bits per heavy atom. The zero-order valence-corrected chi connectivity index (χ0v) is 11.4. The minimum atomic E-state index is 0.251. The monoisotopic (exact) mass is 234 g/mol. The average molecular weight is 234 g/mol. The van der Waals surface area contributed by atoms with E-state index in [-0.39, 0.29) is 12.1 Å². The highest BCUT2D eigenvalue weighted by Crippen LogP contribution is 2.14. The molecule has 0 N–H and O–H groups in total. The van der Waals surface area contributed by atoms with E-state index in [1.807, 2.05) is 0 Å². The van der Waals surface area contributed by atoms with Gasteiger partial charge >= 0.3 is 0 Å². The van der Waals surface area contributed by atoms with Crippen molar-refractivity contribution < 1.29 is 0 Å². The number of rotatable bonds is 10. The fourth-order valence-electron chi connectivity index (χ4n) is 2.01. The van der Waals surface area contributed by atoms with Crippen molar-refractivity contribution in [1.82, 2.24) is 0 Å². The molecule has 17 heavy (non-hydrogen) atoms. The molecule has 2 unspecified atom stereocenters. The van der Waals surface area contributed by atoms with E-state index in [9.17, 15) is 0 Å². The third kappa shape index (κ3) is 8.75. The number of unbranched alkanes of at least 4 members (excludes halogenated alkanes) is 4. The lowest BCUT2D eigenvalue weighted by Crippen LogP contribution is -2.00. The molecule has 0 saturated carbocycles. The normalized spacial score (nSPS) is 13.6. The van der Waals surface area contributed by atoms with Crippen molar-refractivity contribution in [2.24, 2.45) is 0 Å². The van der Waals surface area contributed by atoms with E-state index in [0.29, 0.717) is 0 Å². The number of nitrogens with zero attached hydrogens (tertiary/aromatic N) is 2. The van der Waals surface area contributed by atoms with Crippen LogP contribution in [0.3, 0.4) is 0 Å². The summed E-state index contributed by atoms with van der Waals surface area (Å²) in [6.45, 7) is 18.2. The molecule has 0 aromatic rings. The summed E-state index contributed by atoms with van der Waals surface area (Å²) in [5, 5.41) is 0. The second-order valence-corrected chi connectivity index (χ2v) is 4.73. The van der Waals surface area contributed by atoms with Gasteiger partial charge < -0.3 is 9.69 Å². The quantitative estimate of drug-likeness (QED) is 0.367. The van der Waals surface area contributed by atoms with Crippen molar-refractivity contribution >= 4 is 0 Å². The van der Waals surface area contributed by atoms with Crippen LogP contribution in [0.4, 0.5) is 0 Å². The lowest BCUT2D eigenvalue weighted by molar-refractivity contribution is 0.536. The molecule has 0 rings (SSSR count). The van der Waals surface area contributed by atoms with Crippen LogP contribution in [0.1, 0.15) is 71.6 Å². The van der Waals surface area contributed by atoms with Crippen LogP contribution < -0.4 is 0 Å². The maximum atomic E-state index is 6.99. The van der Waals surface area contributed by atoms with Gasteiger partial charge in [0.2, 0.25) is 12.1 Å². The summed E-state index contributed by atoms with van der Waals surface area (Å²) in [5.41, 5.74) is 0. The van der Waals surface area contributed by atoms with Gasteiger partial charge in [-0.1, -0.05) is 33.1 Å². The highest BCUT2D eigenvalue weighted by Gasteiger charge is 2.09. The Bertz CT molecular complexity index is 221. The van der Waals surface area contributed by atoms with Gasteiger partial charge in [0.1, 0.15) is 0 Å². The average Bonchev–Trinajstić information content (AvgIpc) is 2.37. The van der Waals surface area contributed by atoms with Gasteiger partial charge in [-0.05, 0) is 12.8 Å². The Morgan fingerprint density at radius 3 is 1.35 bits per heavy atom. The molecule has 96 valence electrons. The minimum Gasteiger partial charge on any atom is -0.314 e. The third-order valence-corrected chi connectivity index (χ3v) is 3.38. The highest BCUT2D eigenvalue weighted by molar-refractivity contribution is 4.77. The zero-order valence-electron chi connectivity index (χ0n) is 11.4.